The summed E-state index contributed by atoms with van der Waals surface area (Å²) >= 11 is 0. The summed E-state index contributed by atoms with van der Waals surface area (Å²) in [6.45, 7) is 2.19. The first-order valence-electron chi connectivity index (χ1n) is 6.89. The topological polar surface area (TPSA) is 37.3 Å². The van der Waals surface area contributed by atoms with E-state index in [1.807, 2.05) is 30.3 Å². The number of rotatable bonds is 8. The molecule has 0 spiro atoms. The van der Waals surface area contributed by atoms with Crippen LogP contribution in [0.3, 0.4) is 0 Å². The normalized spacial score (nSPS) is 11.9. The summed E-state index contributed by atoms with van der Waals surface area (Å²) in [5.74, 6) is -0.896. The van der Waals surface area contributed by atoms with Crippen LogP contribution in [0.5, 0.6) is 0 Å². The Morgan fingerprint density at radius 3 is 2.47 bits per heavy atom. The Hall–Kier alpha value is -1.83. The maximum absolute atomic E-state index is 10.6. The van der Waals surface area contributed by atoms with Crippen molar-refractivity contribution in [1.29, 1.82) is 0 Å². The van der Waals surface area contributed by atoms with Gasteiger partial charge < -0.3 is 5.11 Å². The molecule has 102 valence electrons. The van der Waals surface area contributed by atoms with Gasteiger partial charge in [0.05, 0.1) is 0 Å². The van der Waals surface area contributed by atoms with Gasteiger partial charge in [-0.2, -0.15) is 0 Å². The molecule has 1 aromatic rings. The highest BCUT2D eigenvalue weighted by Crippen LogP contribution is 2.15. The zero-order chi connectivity index (χ0) is 13.9. The summed E-state index contributed by atoms with van der Waals surface area (Å²) in [7, 11) is 0. The second-order valence-corrected chi connectivity index (χ2v) is 4.61. The Labute approximate surface area is 115 Å². The molecule has 0 atom stereocenters. The molecule has 0 saturated carbocycles. The SMILES string of the molecule is CCCCCCC(C=CC(=O)O)=Cc1ccccc1. The summed E-state index contributed by atoms with van der Waals surface area (Å²) in [6, 6.07) is 10.0. The van der Waals surface area contributed by atoms with Crippen molar-refractivity contribution in [3.63, 3.8) is 0 Å². The highest BCUT2D eigenvalue weighted by Gasteiger charge is 1.97. The minimum atomic E-state index is -0.896. The van der Waals surface area contributed by atoms with Gasteiger partial charge >= 0.3 is 5.97 Å². The lowest BCUT2D eigenvalue weighted by Crippen LogP contribution is -1.88. The monoisotopic (exact) mass is 258 g/mol. The van der Waals surface area contributed by atoms with Crippen LogP contribution in [0.1, 0.15) is 44.6 Å². The molecule has 0 heterocycles. The number of aliphatic carboxylic acids is 1. The molecule has 1 rings (SSSR count). The first-order valence-corrected chi connectivity index (χ1v) is 6.89. The molecule has 2 heteroatoms. The molecule has 1 N–H and O–H groups in total. The highest BCUT2D eigenvalue weighted by molar-refractivity contribution is 5.80. The van der Waals surface area contributed by atoms with Crippen molar-refractivity contribution in [2.75, 3.05) is 0 Å². The van der Waals surface area contributed by atoms with Crippen LogP contribution in [-0.4, -0.2) is 11.1 Å². The Bertz CT molecular complexity index is 430. The number of carbonyl (C=O) groups is 1. The van der Waals surface area contributed by atoms with E-state index >= 15 is 0 Å². The quantitative estimate of drug-likeness (QED) is 0.417. The largest absolute Gasteiger partial charge is 0.478 e. The zero-order valence-corrected chi connectivity index (χ0v) is 11.5. The van der Waals surface area contributed by atoms with E-state index in [0.717, 1.165) is 24.0 Å². The molecule has 0 aliphatic rings. The minimum Gasteiger partial charge on any atom is -0.478 e. The standard InChI is InChI=1S/C17H22O2/c1-2-3-4-6-11-16(12-13-17(18)19)14-15-9-7-5-8-10-15/h5,7-10,12-14H,2-4,6,11H2,1H3,(H,18,19). The number of carboxylic acid groups (broad SMARTS) is 1. The Balaban J connectivity index is 2.68. The van der Waals surface area contributed by atoms with Gasteiger partial charge in [-0.1, -0.05) is 68.7 Å². The lowest BCUT2D eigenvalue weighted by Gasteiger charge is -2.03. The third-order valence-electron chi connectivity index (χ3n) is 2.91. The smallest absolute Gasteiger partial charge is 0.328 e. The molecule has 0 saturated heterocycles. The molecule has 0 aromatic heterocycles. The van der Waals surface area contributed by atoms with Gasteiger partial charge in [0.2, 0.25) is 0 Å². The second-order valence-electron chi connectivity index (χ2n) is 4.61. The van der Waals surface area contributed by atoms with Crippen molar-refractivity contribution in [3.05, 3.63) is 53.6 Å². The maximum atomic E-state index is 10.6. The molecule has 19 heavy (non-hydrogen) atoms. The third kappa shape index (κ3) is 7.24. The average molecular weight is 258 g/mol. The molecule has 2 nitrogen and oxygen atoms in total. The van der Waals surface area contributed by atoms with Gasteiger partial charge in [-0.3, -0.25) is 0 Å². The van der Waals surface area contributed by atoms with Crippen LogP contribution in [0.15, 0.2) is 48.1 Å². The van der Waals surface area contributed by atoms with Crippen molar-refractivity contribution < 1.29 is 9.90 Å². The van der Waals surface area contributed by atoms with Gasteiger partial charge in [0.1, 0.15) is 0 Å². The average Bonchev–Trinajstić information content (AvgIpc) is 2.41. The summed E-state index contributed by atoms with van der Waals surface area (Å²) in [6.07, 6.45) is 10.7. The molecule has 0 amide bonds. The molecule has 0 aliphatic carbocycles. The van der Waals surface area contributed by atoms with E-state index in [2.05, 4.69) is 13.0 Å². The van der Waals surface area contributed by atoms with Crippen LogP contribution in [-0.2, 0) is 4.79 Å². The lowest BCUT2D eigenvalue weighted by molar-refractivity contribution is -0.131. The summed E-state index contributed by atoms with van der Waals surface area (Å²) in [5.41, 5.74) is 2.19. The molecular formula is C17H22O2. The van der Waals surface area contributed by atoms with Gasteiger partial charge in [0, 0.05) is 6.08 Å². The molecular weight excluding hydrogens is 236 g/mol. The fourth-order valence-electron chi connectivity index (χ4n) is 1.90. The number of allylic oxidation sites excluding steroid dienone is 2. The van der Waals surface area contributed by atoms with Gasteiger partial charge in [-0.15, -0.1) is 0 Å². The van der Waals surface area contributed by atoms with Gasteiger partial charge in [0.25, 0.3) is 0 Å². The van der Waals surface area contributed by atoms with E-state index in [1.165, 1.54) is 25.3 Å². The van der Waals surface area contributed by atoms with E-state index in [1.54, 1.807) is 6.08 Å². The van der Waals surface area contributed by atoms with Crippen LogP contribution < -0.4 is 0 Å². The maximum Gasteiger partial charge on any atom is 0.328 e. The summed E-state index contributed by atoms with van der Waals surface area (Å²) in [4.78, 5) is 10.6. The molecule has 0 bridgehead atoms. The van der Waals surface area contributed by atoms with E-state index in [9.17, 15) is 4.79 Å². The molecule has 1 aromatic carbocycles. The van der Waals surface area contributed by atoms with Gasteiger partial charge in [-0.25, -0.2) is 4.79 Å². The number of unbranched alkanes of at least 4 members (excludes halogenated alkanes) is 3. The molecule has 0 fully saturated rings. The Morgan fingerprint density at radius 2 is 1.84 bits per heavy atom. The zero-order valence-electron chi connectivity index (χ0n) is 11.5. The fourth-order valence-corrected chi connectivity index (χ4v) is 1.90. The lowest BCUT2D eigenvalue weighted by atomic mass is 10.0. The number of carboxylic acids is 1. The van der Waals surface area contributed by atoms with Crippen LogP contribution >= 0.6 is 0 Å². The van der Waals surface area contributed by atoms with Crippen LogP contribution in [0.25, 0.3) is 6.08 Å². The third-order valence-corrected chi connectivity index (χ3v) is 2.91. The summed E-state index contributed by atoms with van der Waals surface area (Å²) < 4.78 is 0. The molecule has 0 radical (unpaired) electrons. The minimum absolute atomic E-state index is 0.896. The van der Waals surface area contributed by atoms with Gasteiger partial charge in [-0.05, 0) is 24.0 Å². The number of hydrogen-bond donors (Lipinski definition) is 1. The number of hydrogen-bond acceptors (Lipinski definition) is 1. The van der Waals surface area contributed by atoms with Crippen LogP contribution in [0, 0.1) is 0 Å². The van der Waals surface area contributed by atoms with Crippen LogP contribution in [0.2, 0.25) is 0 Å². The van der Waals surface area contributed by atoms with Crippen molar-refractivity contribution in [3.8, 4) is 0 Å². The van der Waals surface area contributed by atoms with E-state index in [4.69, 9.17) is 5.11 Å². The van der Waals surface area contributed by atoms with E-state index in [-0.39, 0.29) is 0 Å². The second kappa shape index (κ2) is 9.15. The first kappa shape index (κ1) is 15.2. The van der Waals surface area contributed by atoms with Crippen molar-refractivity contribution >= 4 is 12.0 Å². The Kier molecular flexibility index (Phi) is 7.33. The van der Waals surface area contributed by atoms with Crippen molar-refractivity contribution in [1.82, 2.24) is 0 Å². The summed E-state index contributed by atoms with van der Waals surface area (Å²) in [5, 5.41) is 8.72. The highest BCUT2D eigenvalue weighted by atomic mass is 16.4. The van der Waals surface area contributed by atoms with E-state index < -0.39 is 5.97 Å². The number of benzene rings is 1. The van der Waals surface area contributed by atoms with E-state index in [0.29, 0.717) is 0 Å². The first-order chi connectivity index (χ1) is 9.22. The van der Waals surface area contributed by atoms with Gasteiger partial charge in [0.15, 0.2) is 0 Å². The molecule has 0 unspecified atom stereocenters. The Morgan fingerprint density at radius 1 is 1.11 bits per heavy atom. The van der Waals surface area contributed by atoms with Crippen molar-refractivity contribution in [2.24, 2.45) is 0 Å². The fraction of sp³-hybridized carbons (Fsp3) is 0.353. The van der Waals surface area contributed by atoms with Crippen molar-refractivity contribution in [2.45, 2.75) is 39.0 Å². The predicted molar refractivity (Wildman–Crippen MR) is 80.0 cm³/mol. The predicted octanol–water partition coefficient (Wildman–Crippen LogP) is 4.68. The molecule has 0 aliphatic heterocycles. The van der Waals surface area contributed by atoms with Crippen LogP contribution in [0.4, 0.5) is 0 Å².